The number of hydrogen-bond acceptors (Lipinski definition) is 6. The summed E-state index contributed by atoms with van der Waals surface area (Å²) in [5.41, 5.74) is 15.2. The highest BCUT2D eigenvalue weighted by atomic mass is 19.4. The van der Waals surface area contributed by atoms with Gasteiger partial charge in [-0.2, -0.15) is 13.2 Å². The zero-order valence-electron chi connectivity index (χ0n) is 23.3. The summed E-state index contributed by atoms with van der Waals surface area (Å²) < 4.78 is 55.9. The van der Waals surface area contributed by atoms with Crippen molar-refractivity contribution in [2.75, 3.05) is 5.01 Å². The van der Waals surface area contributed by atoms with Crippen LogP contribution < -0.4 is 21.9 Å². The molecular weight excluding hydrogens is 560 g/mol. The number of rotatable bonds is 11. The van der Waals surface area contributed by atoms with Crippen molar-refractivity contribution in [2.45, 2.75) is 50.2 Å². The molecule has 224 valence electrons. The van der Waals surface area contributed by atoms with E-state index in [1.165, 1.54) is 17.1 Å². The van der Waals surface area contributed by atoms with E-state index in [4.69, 9.17) is 16.9 Å². The van der Waals surface area contributed by atoms with Gasteiger partial charge in [0.25, 0.3) is 0 Å². The lowest BCUT2D eigenvalue weighted by molar-refractivity contribution is -0.115. The number of benzene rings is 2. The second-order valence-corrected chi connectivity index (χ2v) is 11.0. The van der Waals surface area contributed by atoms with Crippen molar-refractivity contribution in [3.63, 3.8) is 0 Å². The van der Waals surface area contributed by atoms with Crippen LogP contribution in [-0.4, -0.2) is 22.8 Å². The van der Waals surface area contributed by atoms with Crippen molar-refractivity contribution < 1.29 is 22.4 Å². The predicted molar refractivity (Wildman–Crippen MR) is 156 cm³/mol. The molecule has 0 radical (unpaired) electrons. The molecule has 11 heteroatoms. The maximum Gasteiger partial charge on any atom is 0.417 e. The first-order valence-corrected chi connectivity index (χ1v) is 14.0. The molecule has 1 aliphatic carbocycles. The van der Waals surface area contributed by atoms with Crippen LogP contribution in [0, 0.1) is 17.1 Å². The number of Topliss-reactive ketones (excluding diaryl/α,β-unsaturated/α-hetero) is 1. The summed E-state index contributed by atoms with van der Waals surface area (Å²) in [6, 6.07) is 14.5. The number of hydrazine groups is 1. The largest absolute Gasteiger partial charge is 0.417 e. The van der Waals surface area contributed by atoms with Crippen LogP contribution in [0.5, 0.6) is 0 Å². The Morgan fingerprint density at radius 3 is 2.56 bits per heavy atom. The number of alkyl halides is 3. The highest BCUT2D eigenvalue weighted by Gasteiger charge is 2.37. The third-order valence-corrected chi connectivity index (χ3v) is 7.91. The van der Waals surface area contributed by atoms with Crippen molar-refractivity contribution in [1.82, 2.24) is 10.4 Å². The van der Waals surface area contributed by atoms with Gasteiger partial charge in [-0.15, -0.1) is 0 Å². The Kier molecular flexibility index (Phi) is 8.36. The second kappa shape index (κ2) is 12.0. The molecule has 43 heavy (non-hydrogen) atoms. The summed E-state index contributed by atoms with van der Waals surface area (Å²) in [5.74, 6) is -0.800. The maximum absolute atomic E-state index is 15.1. The SMILES string of the molecule is N=C(N)c1cccc(N2NC=C(C(F)(F)F)C=C2C(=O)CCc2cc(C(N)(CCC3CC3)c3cccnc3)ccc2F)c1. The van der Waals surface area contributed by atoms with Gasteiger partial charge < -0.3 is 16.9 Å². The monoisotopic (exact) mass is 592 g/mol. The van der Waals surface area contributed by atoms with E-state index < -0.39 is 28.9 Å². The molecule has 1 fully saturated rings. The van der Waals surface area contributed by atoms with Gasteiger partial charge in [-0.05, 0) is 72.2 Å². The number of nitrogens with one attached hydrogen (secondary N) is 2. The highest BCUT2D eigenvalue weighted by molar-refractivity contribution is 6.00. The number of nitrogens with two attached hydrogens (primary N) is 2. The van der Waals surface area contributed by atoms with E-state index in [0.29, 0.717) is 29.2 Å². The number of allylic oxidation sites excluding steroid dienone is 3. The van der Waals surface area contributed by atoms with Crippen LogP contribution in [0.4, 0.5) is 23.2 Å². The minimum Gasteiger partial charge on any atom is -0.384 e. The van der Waals surface area contributed by atoms with Gasteiger partial charge in [0, 0.05) is 30.6 Å². The molecule has 1 unspecified atom stereocenters. The number of anilines is 1. The number of nitrogen functional groups attached to an aromatic ring is 1. The van der Waals surface area contributed by atoms with Gasteiger partial charge in [0.15, 0.2) is 5.78 Å². The molecule has 7 nitrogen and oxygen atoms in total. The number of carbonyl (C=O) groups excluding carboxylic acids is 1. The first-order chi connectivity index (χ1) is 20.5. The summed E-state index contributed by atoms with van der Waals surface area (Å²) in [6.07, 6.45) is 3.69. The third-order valence-electron chi connectivity index (χ3n) is 7.91. The van der Waals surface area contributed by atoms with Crippen LogP contribution in [0.15, 0.2) is 90.5 Å². The standard InChI is InChI=1S/C32H32F4N6O/c33-27-10-9-23(31(39,13-12-20-6-7-20)24-4-2-14-40-18-24)15-21(27)8-11-29(43)28-17-25(32(34,35)36)19-41-42(28)26-5-1-3-22(16-26)30(37)38/h1-5,9-10,14-20,41H,6-8,11-13,39H2,(H3,37,38). The number of amidine groups is 1. The van der Waals surface area contributed by atoms with Crippen LogP contribution in [0.25, 0.3) is 0 Å². The Balaban J connectivity index is 1.42. The molecule has 3 aromatic rings. The van der Waals surface area contributed by atoms with Crippen LogP contribution >= 0.6 is 0 Å². The van der Waals surface area contributed by atoms with Gasteiger partial charge in [0.1, 0.15) is 17.3 Å². The van der Waals surface area contributed by atoms with Crippen LogP contribution in [0.3, 0.4) is 0 Å². The summed E-state index contributed by atoms with van der Waals surface area (Å²) in [5, 5.41) is 8.89. The van der Waals surface area contributed by atoms with E-state index in [-0.39, 0.29) is 29.9 Å². The Bertz CT molecular complexity index is 1580. The van der Waals surface area contributed by atoms with Crippen LogP contribution in [-0.2, 0) is 16.8 Å². The van der Waals surface area contributed by atoms with Gasteiger partial charge in [-0.1, -0.05) is 43.2 Å². The van der Waals surface area contributed by atoms with E-state index in [0.717, 1.165) is 37.1 Å². The van der Waals surface area contributed by atoms with Gasteiger partial charge in [0.05, 0.1) is 16.8 Å². The number of ketones is 1. The number of hydrogen-bond donors (Lipinski definition) is 4. The fourth-order valence-corrected chi connectivity index (χ4v) is 5.19. The molecule has 0 bridgehead atoms. The molecule has 5 rings (SSSR count). The van der Waals surface area contributed by atoms with Crippen molar-refractivity contribution in [2.24, 2.45) is 17.4 Å². The first-order valence-electron chi connectivity index (χ1n) is 14.0. The average molecular weight is 593 g/mol. The lowest BCUT2D eigenvalue weighted by Gasteiger charge is -2.31. The number of carbonyl (C=O) groups is 1. The van der Waals surface area contributed by atoms with Gasteiger partial charge in [0.2, 0.25) is 0 Å². The third kappa shape index (κ3) is 6.77. The molecule has 1 aromatic heterocycles. The van der Waals surface area contributed by atoms with Gasteiger partial charge in [-0.25, -0.2) is 4.39 Å². The highest BCUT2D eigenvalue weighted by Crippen LogP contribution is 2.40. The quantitative estimate of drug-likeness (QED) is 0.128. The zero-order valence-corrected chi connectivity index (χ0v) is 23.3. The minimum atomic E-state index is -4.70. The van der Waals surface area contributed by atoms with Crippen LogP contribution in [0.1, 0.15) is 54.4 Å². The lowest BCUT2D eigenvalue weighted by Crippen LogP contribution is -2.41. The molecule has 0 saturated heterocycles. The average Bonchev–Trinajstić information content (AvgIpc) is 3.84. The summed E-state index contributed by atoms with van der Waals surface area (Å²) in [7, 11) is 0. The molecule has 2 aliphatic rings. The Labute approximate surface area is 246 Å². The smallest absolute Gasteiger partial charge is 0.384 e. The Hall–Kier alpha value is -4.51. The van der Waals surface area contributed by atoms with E-state index in [1.54, 1.807) is 48.8 Å². The summed E-state index contributed by atoms with van der Waals surface area (Å²) in [4.78, 5) is 17.7. The molecule has 0 spiro atoms. The van der Waals surface area contributed by atoms with Crippen molar-refractivity contribution >= 4 is 17.3 Å². The number of halogens is 4. The topological polar surface area (TPSA) is 121 Å². The number of aryl methyl sites for hydroxylation is 1. The van der Waals surface area contributed by atoms with Gasteiger partial charge in [-0.3, -0.25) is 20.2 Å². The molecule has 2 aromatic carbocycles. The minimum absolute atomic E-state index is 0.0615. The molecule has 1 saturated carbocycles. The molecule has 6 N–H and O–H groups in total. The molecule has 2 heterocycles. The van der Waals surface area contributed by atoms with Crippen molar-refractivity contribution in [3.8, 4) is 0 Å². The summed E-state index contributed by atoms with van der Waals surface area (Å²) in [6.45, 7) is 0. The van der Waals surface area contributed by atoms with Crippen LogP contribution in [0.2, 0.25) is 0 Å². The van der Waals surface area contributed by atoms with E-state index in [1.807, 2.05) is 6.07 Å². The number of pyridine rings is 1. The second-order valence-electron chi connectivity index (χ2n) is 11.0. The molecule has 0 amide bonds. The van der Waals surface area contributed by atoms with E-state index in [2.05, 4.69) is 10.4 Å². The van der Waals surface area contributed by atoms with Gasteiger partial charge >= 0.3 is 6.18 Å². The van der Waals surface area contributed by atoms with Crippen molar-refractivity contribution in [1.29, 1.82) is 5.41 Å². The fraction of sp³-hybridized carbons (Fsp3) is 0.281. The van der Waals surface area contributed by atoms with E-state index in [9.17, 15) is 18.0 Å². The predicted octanol–water partition coefficient (Wildman–Crippen LogP) is 5.75. The fourth-order valence-electron chi connectivity index (χ4n) is 5.19. The normalized spacial score (nSPS) is 16.5. The van der Waals surface area contributed by atoms with E-state index >= 15 is 4.39 Å². The zero-order chi connectivity index (χ0) is 30.8. The molecule has 1 atom stereocenters. The number of nitrogens with zero attached hydrogens (tertiary/aromatic N) is 2. The molecule has 1 aliphatic heterocycles. The summed E-state index contributed by atoms with van der Waals surface area (Å²) >= 11 is 0. The lowest BCUT2D eigenvalue weighted by atomic mass is 9.79. The first kappa shape index (κ1) is 30.0. The number of aromatic nitrogens is 1. The van der Waals surface area contributed by atoms with Crippen molar-refractivity contribution in [3.05, 3.63) is 119 Å². The molecular formula is C32H32F4N6O. The Morgan fingerprint density at radius 2 is 1.88 bits per heavy atom. The maximum atomic E-state index is 15.1. The Morgan fingerprint density at radius 1 is 1.09 bits per heavy atom.